The first kappa shape index (κ1) is 18.8. The Morgan fingerprint density at radius 1 is 1.22 bits per heavy atom. The van der Waals surface area contributed by atoms with Gasteiger partial charge in [0.2, 0.25) is 0 Å². The highest BCUT2D eigenvalue weighted by Crippen LogP contribution is 2.49. The molecule has 3 unspecified atom stereocenters. The lowest BCUT2D eigenvalue weighted by Crippen LogP contribution is -2.55. The van der Waals surface area contributed by atoms with Crippen molar-refractivity contribution in [2.75, 3.05) is 6.54 Å². The van der Waals surface area contributed by atoms with Crippen LogP contribution < -0.4 is 5.32 Å². The molecule has 1 saturated carbocycles. The Bertz CT molecular complexity index is 620. The van der Waals surface area contributed by atoms with Gasteiger partial charge in [0.1, 0.15) is 6.10 Å². The van der Waals surface area contributed by atoms with E-state index in [-0.39, 0.29) is 12.2 Å². The van der Waals surface area contributed by atoms with Crippen molar-refractivity contribution < 1.29 is 9.53 Å². The molecule has 1 aromatic rings. The van der Waals surface area contributed by atoms with Crippen LogP contribution in [0.2, 0.25) is 0 Å². The van der Waals surface area contributed by atoms with Crippen molar-refractivity contribution >= 4 is 6.09 Å². The van der Waals surface area contributed by atoms with Crippen molar-refractivity contribution in [1.29, 1.82) is 0 Å². The highest BCUT2D eigenvalue weighted by atomic mass is 16.6. The summed E-state index contributed by atoms with van der Waals surface area (Å²) in [4.78, 5) is 15.2. The minimum absolute atomic E-state index is 0.1000. The lowest BCUT2D eigenvalue weighted by atomic mass is 9.79. The summed E-state index contributed by atoms with van der Waals surface area (Å²) in [6, 6.07) is 11.4. The van der Waals surface area contributed by atoms with E-state index in [4.69, 9.17) is 4.74 Å². The number of ether oxygens (including phenoxy) is 1. The van der Waals surface area contributed by atoms with Gasteiger partial charge in [0.05, 0.1) is 0 Å². The van der Waals surface area contributed by atoms with E-state index in [2.05, 4.69) is 17.1 Å². The van der Waals surface area contributed by atoms with Crippen LogP contribution in [0, 0.1) is 11.8 Å². The zero-order valence-corrected chi connectivity index (χ0v) is 16.6. The third-order valence-corrected chi connectivity index (χ3v) is 7.04. The second-order valence-corrected chi connectivity index (χ2v) is 8.69. The van der Waals surface area contributed by atoms with Crippen LogP contribution in [0.3, 0.4) is 0 Å². The Morgan fingerprint density at radius 2 is 2.07 bits per heavy atom. The van der Waals surface area contributed by atoms with Crippen LogP contribution in [0.15, 0.2) is 30.3 Å². The first-order chi connectivity index (χ1) is 13.3. The number of piperidine rings is 2. The van der Waals surface area contributed by atoms with E-state index >= 15 is 0 Å². The largest absolute Gasteiger partial charge is 0.446 e. The number of nitrogens with one attached hydrogen (secondary N) is 1. The van der Waals surface area contributed by atoms with Crippen molar-refractivity contribution in [3.05, 3.63) is 35.9 Å². The van der Waals surface area contributed by atoms with Crippen LogP contribution in [0.1, 0.15) is 63.9 Å². The lowest BCUT2D eigenvalue weighted by molar-refractivity contribution is -0.0191. The summed E-state index contributed by atoms with van der Waals surface area (Å²) in [5, 5.41) is 2.95. The molecular formula is C23H34N2O2. The molecule has 4 rings (SSSR count). The molecule has 1 N–H and O–H groups in total. The molecule has 5 atom stereocenters. The van der Waals surface area contributed by atoms with Crippen LogP contribution >= 0.6 is 0 Å². The average molecular weight is 371 g/mol. The van der Waals surface area contributed by atoms with Gasteiger partial charge in [-0.1, -0.05) is 56.5 Å². The number of hydrogen-bond acceptors (Lipinski definition) is 3. The fourth-order valence-electron chi connectivity index (χ4n) is 5.81. The molecule has 0 radical (unpaired) electrons. The number of carbonyl (C=O) groups excluding carboxylic acids is 1. The summed E-state index contributed by atoms with van der Waals surface area (Å²) >= 11 is 0. The molecule has 27 heavy (non-hydrogen) atoms. The molecule has 1 aliphatic carbocycles. The van der Waals surface area contributed by atoms with E-state index in [1.165, 1.54) is 51.5 Å². The Morgan fingerprint density at radius 3 is 2.89 bits per heavy atom. The van der Waals surface area contributed by atoms with Crippen LogP contribution in [-0.4, -0.2) is 35.7 Å². The van der Waals surface area contributed by atoms with Gasteiger partial charge in [-0.05, 0) is 50.1 Å². The Hall–Kier alpha value is -1.55. The van der Waals surface area contributed by atoms with Gasteiger partial charge in [-0.25, -0.2) is 4.79 Å². The molecule has 0 aromatic heterocycles. The molecule has 0 spiro atoms. The van der Waals surface area contributed by atoms with Crippen LogP contribution in [0.5, 0.6) is 0 Å². The molecule has 2 saturated heterocycles. The van der Waals surface area contributed by atoms with Crippen molar-refractivity contribution in [1.82, 2.24) is 10.2 Å². The maximum atomic E-state index is 12.4. The van der Waals surface area contributed by atoms with Gasteiger partial charge >= 0.3 is 6.09 Å². The van der Waals surface area contributed by atoms with Crippen LogP contribution in [0.25, 0.3) is 0 Å². The number of benzene rings is 1. The molecule has 4 nitrogen and oxygen atoms in total. The number of nitrogens with zero attached hydrogens (tertiary/aromatic N) is 1. The van der Waals surface area contributed by atoms with E-state index in [1.807, 2.05) is 30.3 Å². The summed E-state index contributed by atoms with van der Waals surface area (Å²) in [6.45, 7) is 4.07. The molecule has 2 bridgehead atoms. The number of hydrogen-bond donors (Lipinski definition) is 1. The molecule has 2 aliphatic heterocycles. The number of amides is 1. The smallest absolute Gasteiger partial charge is 0.407 e. The summed E-state index contributed by atoms with van der Waals surface area (Å²) in [6.07, 6.45) is 10.0. The van der Waals surface area contributed by atoms with E-state index in [0.29, 0.717) is 30.5 Å². The zero-order chi connectivity index (χ0) is 18.6. The standard InChI is InChI=1S/C23H34N2O2/c1-2-3-11-20-18-14-19(21-12-7-8-13-25(20)21)22(15-18)27-23(26)24-16-17-9-5-4-6-10-17/h4-6,9-10,18-22H,2-3,7-8,11-16H2,1H3,(H,24,26)/t18?,19?,20-,21+,22?/m0/s1. The predicted octanol–water partition coefficient (Wildman–Crippen LogP) is 4.73. The maximum absolute atomic E-state index is 12.4. The topological polar surface area (TPSA) is 41.6 Å². The average Bonchev–Trinajstić information content (AvgIpc) is 3.06. The normalized spacial score (nSPS) is 32.7. The van der Waals surface area contributed by atoms with Gasteiger partial charge in [0.25, 0.3) is 0 Å². The highest BCUT2D eigenvalue weighted by molar-refractivity contribution is 5.67. The number of unbranched alkanes of at least 4 members (excludes halogenated alkanes) is 1. The van der Waals surface area contributed by atoms with Gasteiger partial charge in [-0.15, -0.1) is 0 Å². The number of carbonyl (C=O) groups is 1. The summed E-state index contributed by atoms with van der Waals surface area (Å²) in [5.41, 5.74) is 1.11. The third-order valence-electron chi connectivity index (χ3n) is 7.04. The third kappa shape index (κ3) is 4.16. The van der Waals surface area contributed by atoms with E-state index in [9.17, 15) is 4.79 Å². The first-order valence-corrected chi connectivity index (χ1v) is 11.0. The Labute approximate surface area is 163 Å². The van der Waals surface area contributed by atoms with E-state index < -0.39 is 0 Å². The van der Waals surface area contributed by atoms with Gasteiger partial charge in [-0.2, -0.15) is 0 Å². The van der Waals surface area contributed by atoms with Crippen molar-refractivity contribution in [2.45, 2.75) is 83.0 Å². The van der Waals surface area contributed by atoms with Crippen molar-refractivity contribution in [3.8, 4) is 0 Å². The van der Waals surface area contributed by atoms with Crippen LogP contribution in [0.4, 0.5) is 4.79 Å². The number of alkyl carbamates (subject to hydrolysis) is 1. The molecular weight excluding hydrogens is 336 g/mol. The molecule has 2 heterocycles. The van der Waals surface area contributed by atoms with E-state index in [1.54, 1.807) is 0 Å². The molecule has 3 aliphatic rings. The van der Waals surface area contributed by atoms with E-state index in [0.717, 1.165) is 12.0 Å². The first-order valence-electron chi connectivity index (χ1n) is 11.0. The van der Waals surface area contributed by atoms with Crippen LogP contribution in [-0.2, 0) is 11.3 Å². The number of rotatable bonds is 6. The van der Waals surface area contributed by atoms with Crippen molar-refractivity contribution in [3.63, 3.8) is 0 Å². The monoisotopic (exact) mass is 370 g/mol. The summed E-state index contributed by atoms with van der Waals surface area (Å²) < 4.78 is 5.97. The van der Waals surface area contributed by atoms with Gasteiger partial charge < -0.3 is 10.1 Å². The molecule has 148 valence electrons. The maximum Gasteiger partial charge on any atom is 0.407 e. The lowest BCUT2D eigenvalue weighted by Gasteiger charge is -2.49. The Balaban J connectivity index is 1.37. The van der Waals surface area contributed by atoms with Crippen molar-refractivity contribution in [2.24, 2.45) is 11.8 Å². The summed E-state index contributed by atoms with van der Waals surface area (Å²) in [7, 11) is 0. The predicted molar refractivity (Wildman–Crippen MR) is 107 cm³/mol. The minimum atomic E-state index is -0.246. The fourth-order valence-corrected chi connectivity index (χ4v) is 5.81. The highest BCUT2D eigenvalue weighted by Gasteiger charge is 2.52. The van der Waals surface area contributed by atoms with Gasteiger partial charge in [-0.3, -0.25) is 4.90 Å². The SMILES string of the molecule is CCCC[C@H]1C2CC(OC(=O)NCc3ccccc3)C(C2)[C@H]2CCCCN21. The summed E-state index contributed by atoms with van der Waals surface area (Å²) in [5.74, 6) is 1.25. The zero-order valence-electron chi connectivity index (χ0n) is 16.6. The second-order valence-electron chi connectivity index (χ2n) is 8.69. The van der Waals surface area contributed by atoms with Gasteiger partial charge in [0, 0.05) is 24.5 Å². The fraction of sp³-hybridized carbons (Fsp3) is 0.696. The molecule has 1 aromatic carbocycles. The minimum Gasteiger partial charge on any atom is -0.446 e. The molecule has 3 fully saturated rings. The Kier molecular flexibility index (Phi) is 6.01. The molecule has 1 amide bonds. The molecule has 4 heteroatoms. The number of fused-ring (bicyclic) bond motifs is 4. The second kappa shape index (κ2) is 8.64. The van der Waals surface area contributed by atoms with Gasteiger partial charge in [0.15, 0.2) is 0 Å². The quantitative estimate of drug-likeness (QED) is 0.787.